The molecule has 2 fully saturated rings. The molecule has 240 valence electrons. The molecule has 44 heavy (non-hydrogen) atoms. The highest BCUT2D eigenvalue weighted by atomic mass is 16.6. The van der Waals surface area contributed by atoms with Gasteiger partial charge >= 0.3 is 18.0 Å². The molecule has 1 aromatic rings. The maximum Gasteiger partial charge on any atom is 0.407 e. The third-order valence-electron chi connectivity index (χ3n) is 7.17. The Kier molecular flexibility index (Phi) is 11.1. The van der Waals surface area contributed by atoms with Gasteiger partial charge in [-0.15, -0.1) is 0 Å². The molecular formula is C30H40N4O10. The molecule has 0 spiro atoms. The number of hydrazine groups is 1. The zero-order chi connectivity index (χ0) is 32.8. The molecule has 2 saturated heterocycles. The van der Waals surface area contributed by atoms with Crippen LogP contribution in [-0.2, 0) is 38.2 Å². The van der Waals surface area contributed by atoms with E-state index in [0.717, 1.165) is 12.1 Å². The summed E-state index contributed by atoms with van der Waals surface area (Å²) in [5, 5.41) is 7.10. The average Bonchev–Trinajstić information content (AvgIpc) is 3.06. The van der Waals surface area contributed by atoms with Gasteiger partial charge in [-0.05, 0) is 65.0 Å². The van der Waals surface area contributed by atoms with Crippen molar-refractivity contribution in [1.82, 2.24) is 20.7 Å². The van der Waals surface area contributed by atoms with Gasteiger partial charge in [-0.25, -0.2) is 14.6 Å². The summed E-state index contributed by atoms with van der Waals surface area (Å²) in [6.45, 7) is 7.81. The maximum absolute atomic E-state index is 13.7. The highest BCUT2D eigenvalue weighted by molar-refractivity contribution is 5.99. The number of aryl methyl sites for hydroxylation is 2. The van der Waals surface area contributed by atoms with E-state index in [-0.39, 0.29) is 25.8 Å². The number of carbonyl (C=O) groups is 7. The van der Waals surface area contributed by atoms with Crippen LogP contribution in [0.25, 0.3) is 0 Å². The molecule has 2 aliphatic rings. The Hall–Kier alpha value is -4.49. The topological polar surface area (TPSA) is 178 Å². The van der Waals surface area contributed by atoms with Gasteiger partial charge in [0.25, 0.3) is 5.91 Å². The fourth-order valence-corrected chi connectivity index (χ4v) is 5.12. The number of hydrogen-bond donors (Lipinski definition) is 2. The number of nitrogens with zero attached hydrogens (tertiary/aromatic N) is 2. The van der Waals surface area contributed by atoms with Gasteiger partial charge in [0.2, 0.25) is 11.8 Å². The van der Waals surface area contributed by atoms with Gasteiger partial charge in [-0.3, -0.25) is 29.0 Å². The molecule has 14 nitrogen and oxygen atoms in total. The molecule has 3 rings (SSSR count). The Morgan fingerprint density at radius 1 is 1.05 bits per heavy atom. The molecule has 14 heteroatoms. The second kappa shape index (κ2) is 14.3. The summed E-state index contributed by atoms with van der Waals surface area (Å²) in [4.78, 5) is 90.7. The number of hydrogen-bond acceptors (Lipinski definition) is 10. The van der Waals surface area contributed by atoms with E-state index in [1.807, 2.05) is 0 Å². The lowest BCUT2D eigenvalue weighted by Crippen LogP contribution is -2.64. The zero-order valence-corrected chi connectivity index (χ0v) is 25.9. The van der Waals surface area contributed by atoms with Gasteiger partial charge in [0.15, 0.2) is 12.4 Å². The summed E-state index contributed by atoms with van der Waals surface area (Å²) in [5.41, 5.74) is 0.724. The van der Waals surface area contributed by atoms with Crippen molar-refractivity contribution in [3.63, 3.8) is 0 Å². The van der Waals surface area contributed by atoms with Gasteiger partial charge in [0.05, 0.1) is 19.1 Å². The first-order valence-corrected chi connectivity index (χ1v) is 14.4. The summed E-state index contributed by atoms with van der Waals surface area (Å²) in [6.07, 6.45) is -0.989. The first-order chi connectivity index (χ1) is 20.6. The van der Waals surface area contributed by atoms with E-state index >= 15 is 0 Å². The number of nitrogens with one attached hydrogen (secondary N) is 2. The maximum atomic E-state index is 13.7. The molecule has 2 N–H and O–H groups in total. The zero-order valence-electron chi connectivity index (χ0n) is 25.9. The van der Waals surface area contributed by atoms with E-state index < -0.39 is 78.3 Å². The quantitative estimate of drug-likeness (QED) is 0.305. The van der Waals surface area contributed by atoms with Crippen molar-refractivity contribution in [1.29, 1.82) is 0 Å². The van der Waals surface area contributed by atoms with Crippen LogP contribution in [0, 0.1) is 13.8 Å². The fraction of sp³-hybridized carbons (Fsp3) is 0.567. The van der Waals surface area contributed by atoms with Crippen LogP contribution in [0.2, 0.25) is 0 Å². The summed E-state index contributed by atoms with van der Waals surface area (Å²) < 4.78 is 15.2. The third-order valence-corrected chi connectivity index (χ3v) is 7.17. The lowest BCUT2D eigenvalue weighted by atomic mass is 10.0. The number of alkyl carbamates (subject to hydrolysis) is 1. The van der Waals surface area contributed by atoms with E-state index in [0.29, 0.717) is 23.1 Å². The summed E-state index contributed by atoms with van der Waals surface area (Å²) in [5.74, 6) is -4.22. The Bertz CT molecular complexity index is 1300. The number of benzene rings is 1. The molecular weight excluding hydrogens is 576 g/mol. The first-order valence-electron chi connectivity index (χ1n) is 14.4. The molecule has 0 bridgehead atoms. The number of rotatable bonds is 9. The number of ketones is 1. The molecule has 0 radical (unpaired) electrons. The third kappa shape index (κ3) is 8.54. The fourth-order valence-electron chi connectivity index (χ4n) is 5.12. The number of Topliss-reactive ketones (excluding diaryl/α,β-unsaturated/α-hetero) is 1. The van der Waals surface area contributed by atoms with E-state index in [1.165, 1.54) is 5.01 Å². The van der Waals surface area contributed by atoms with Gasteiger partial charge in [-0.1, -0.05) is 18.2 Å². The standard InChI is InChI=1S/C30H40N4O10/c1-17-9-7-10-18(2)25(17)28(40)43-16-22(35)20(15-24(37)44-30(3,4)5)31-26(38)21-11-8-14-33-23(36)13-12-19(27(39)34(21)33)32-29(41)42-6/h7,9-10,19-21H,8,11-16H2,1-6H3,(H,31,38)(H,32,41)/t19-,20-,21-/m0/s1. The van der Waals surface area contributed by atoms with Gasteiger partial charge in [0.1, 0.15) is 23.7 Å². The number of carbonyl (C=O) groups excluding carboxylic acids is 7. The van der Waals surface area contributed by atoms with Crippen LogP contribution >= 0.6 is 0 Å². The van der Waals surface area contributed by atoms with Crippen LogP contribution in [0.4, 0.5) is 4.79 Å². The Labute approximate surface area is 255 Å². The number of esters is 2. The molecule has 0 aliphatic carbocycles. The van der Waals surface area contributed by atoms with Crippen LogP contribution < -0.4 is 10.6 Å². The second-order valence-corrected chi connectivity index (χ2v) is 11.7. The number of ether oxygens (including phenoxy) is 3. The van der Waals surface area contributed by atoms with E-state index in [1.54, 1.807) is 52.8 Å². The SMILES string of the molecule is COC(=O)N[C@H]1CCC(=O)N2CCC[C@@H](C(=O)N[C@@H](CC(=O)OC(C)(C)C)C(=O)COC(=O)c3c(C)cccc3C)N2C1=O. The van der Waals surface area contributed by atoms with E-state index in [4.69, 9.17) is 9.47 Å². The van der Waals surface area contributed by atoms with Crippen LogP contribution in [0.1, 0.15) is 74.4 Å². The Morgan fingerprint density at radius 2 is 1.70 bits per heavy atom. The number of fused-ring (bicyclic) bond motifs is 1. The van der Waals surface area contributed by atoms with Gasteiger partial charge in [0, 0.05) is 13.0 Å². The molecule has 2 aliphatic heterocycles. The molecule has 0 saturated carbocycles. The van der Waals surface area contributed by atoms with Crippen molar-refractivity contribution < 1.29 is 47.8 Å². The van der Waals surface area contributed by atoms with Gasteiger partial charge < -0.3 is 24.8 Å². The number of amides is 4. The minimum Gasteiger partial charge on any atom is -0.460 e. The predicted molar refractivity (Wildman–Crippen MR) is 154 cm³/mol. The molecule has 1 aromatic carbocycles. The molecule has 0 unspecified atom stereocenters. The first kappa shape index (κ1) is 34.0. The second-order valence-electron chi connectivity index (χ2n) is 11.7. The van der Waals surface area contributed by atoms with Crippen LogP contribution in [0.3, 0.4) is 0 Å². The Balaban J connectivity index is 1.83. The molecule has 3 atom stereocenters. The molecule has 4 amide bonds. The molecule has 2 heterocycles. The summed E-state index contributed by atoms with van der Waals surface area (Å²) in [7, 11) is 1.13. The van der Waals surface area contributed by atoms with Gasteiger partial charge in [-0.2, -0.15) is 0 Å². The van der Waals surface area contributed by atoms with E-state index in [9.17, 15) is 33.6 Å². The van der Waals surface area contributed by atoms with E-state index in [2.05, 4.69) is 15.4 Å². The minimum absolute atomic E-state index is 0.000406. The number of methoxy groups -OCH3 is 1. The average molecular weight is 617 g/mol. The largest absolute Gasteiger partial charge is 0.460 e. The van der Waals surface area contributed by atoms with Crippen molar-refractivity contribution in [2.75, 3.05) is 20.3 Å². The monoisotopic (exact) mass is 616 g/mol. The predicted octanol–water partition coefficient (Wildman–Crippen LogP) is 1.50. The van der Waals surface area contributed by atoms with Crippen LogP contribution in [0.5, 0.6) is 0 Å². The summed E-state index contributed by atoms with van der Waals surface area (Å²) in [6, 6.07) is 1.40. The highest BCUT2D eigenvalue weighted by Gasteiger charge is 2.45. The van der Waals surface area contributed by atoms with Crippen molar-refractivity contribution in [2.45, 2.75) is 90.4 Å². The molecule has 0 aromatic heterocycles. The lowest BCUT2D eigenvalue weighted by Gasteiger charge is -2.43. The van der Waals surface area contributed by atoms with Crippen LogP contribution in [0.15, 0.2) is 18.2 Å². The van der Waals surface area contributed by atoms with Crippen LogP contribution in [-0.4, -0.2) is 95.5 Å². The lowest BCUT2D eigenvalue weighted by molar-refractivity contribution is -0.176. The van der Waals surface area contributed by atoms with Crippen molar-refractivity contribution in [2.24, 2.45) is 0 Å². The summed E-state index contributed by atoms with van der Waals surface area (Å²) >= 11 is 0. The highest BCUT2D eigenvalue weighted by Crippen LogP contribution is 2.25. The van der Waals surface area contributed by atoms with Crippen molar-refractivity contribution >= 4 is 41.5 Å². The normalized spacial score (nSPS) is 19.2. The smallest absolute Gasteiger partial charge is 0.407 e. The minimum atomic E-state index is -1.47. The van der Waals surface area contributed by atoms with Crippen molar-refractivity contribution in [3.8, 4) is 0 Å². The Morgan fingerprint density at radius 3 is 2.32 bits per heavy atom. The van der Waals surface area contributed by atoms with Crippen molar-refractivity contribution in [3.05, 3.63) is 34.9 Å².